The third-order valence-corrected chi connectivity index (χ3v) is 11.5. The number of fused-ring (bicyclic) bond motifs is 4. The number of unbranched alkanes of at least 4 members (excludes halogenated alkanes) is 1. The molecule has 0 radical (unpaired) electrons. The smallest absolute Gasteiger partial charge is 0.449 e. The molecular weight excluding hydrogens is 763 g/mol. The molecule has 0 bridgehead atoms. The van der Waals surface area contributed by atoms with E-state index in [0.29, 0.717) is 19.3 Å². The first-order valence-corrected chi connectivity index (χ1v) is 21.0. The lowest BCUT2D eigenvalue weighted by Gasteiger charge is -2.24. The molecule has 15 heteroatoms. The van der Waals surface area contributed by atoms with Gasteiger partial charge in [0.05, 0.1) is 26.2 Å². The van der Waals surface area contributed by atoms with Crippen molar-refractivity contribution >= 4 is 42.4 Å². The number of ketones is 1. The van der Waals surface area contributed by atoms with Gasteiger partial charge in [-0.3, -0.25) is 28.0 Å². The number of phosphoric ester groups is 1. The quantitative estimate of drug-likeness (QED) is 0.0303. The lowest BCUT2D eigenvalue weighted by Crippen LogP contribution is -2.51. The molecule has 14 nitrogen and oxygen atoms in total. The topological polar surface area (TPSA) is 194 Å². The van der Waals surface area contributed by atoms with Crippen molar-refractivity contribution in [2.45, 2.75) is 64.0 Å². The highest BCUT2D eigenvalue weighted by Crippen LogP contribution is 2.49. The molecule has 4 atom stereocenters. The Morgan fingerprint density at radius 1 is 0.931 bits per heavy atom. The fourth-order valence-electron chi connectivity index (χ4n) is 6.82. The summed E-state index contributed by atoms with van der Waals surface area (Å²) >= 11 is 0. The molecule has 0 aliphatic heterocycles. The van der Waals surface area contributed by atoms with Gasteiger partial charge < -0.3 is 30.8 Å². The highest BCUT2D eigenvalue weighted by Gasteiger charge is 2.33. The number of benzene rings is 3. The van der Waals surface area contributed by atoms with Crippen LogP contribution in [0.5, 0.6) is 0 Å². The second-order valence-corrected chi connectivity index (χ2v) is 15.8. The van der Waals surface area contributed by atoms with Gasteiger partial charge >= 0.3 is 13.9 Å². The second kappa shape index (κ2) is 21.6. The standard InChI is InChI=1S/C43H53N4O10P/c1-4-23-55-58(53,56-24-21-44-42(51)41(29(3)5-2)47-40(50)25-30-26-45-37-19-11-10-14-31(30)37)57-28-38(39(49)20-12-13-22-48)46-43(52)54-27-36-34-17-8-6-15-32(34)33-16-7-9-18-35(33)36/h4,6-11,14-19,26,29,36,38,41,45,48H,1,5,12-13,20-25,27-28H2,2-3H3,(H,44,51)(H,46,52)(H,47,50)/t29-,38?,41-,58?/m0/s1. The Morgan fingerprint density at radius 3 is 2.31 bits per heavy atom. The van der Waals surface area contributed by atoms with E-state index in [1.54, 1.807) is 6.20 Å². The van der Waals surface area contributed by atoms with Crippen LogP contribution < -0.4 is 16.0 Å². The Morgan fingerprint density at radius 2 is 1.62 bits per heavy atom. The number of phosphoric acid groups is 1. The summed E-state index contributed by atoms with van der Waals surface area (Å²) in [6.45, 7) is 6.01. The summed E-state index contributed by atoms with van der Waals surface area (Å²) in [6.07, 6.45) is 3.65. The van der Waals surface area contributed by atoms with Crippen LogP contribution in [0, 0.1) is 5.92 Å². The number of H-pyrrole nitrogens is 1. The third kappa shape index (κ3) is 11.7. The summed E-state index contributed by atoms with van der Waals surface area (Å²) in [7, 11) is -4.37. The van der Waals surface area contributed by atoms with Crippen molar-refractivity contribution in [3.05, 3.63) is 108 Å². The number of carbonyl (C=O) groups excluding carboxylic acids is 4. The minimum atomic E-state index is -4.37. The normalized spacial score (nSPS) is 14.7. The van der Waals surface area contributed by atoms with E-state index >= 15 is 0 Å². The number of nitrogens with one attached hydrogen (secondary N) is 4. The van der Waals surface area contributed by atoms with Crippen LogP contribution in [0.4, 0.5) is 4.79 Å². The zero-order chi connectivity index (χ0) is 41.5. The van der Waals surface area contributed by atoms with Crippen LogP contribution in [-0.2, 0) is 43.7 Å². The minimum absolute atomic E-state index is 0.00137. The molecule has 0 spiro atoms. The first kappa shape index (κ1) is 44.0. The van der Waals surface area contributed by atoms with Crippen LogP contribution >= 0.6 is 7.82 Å². The number of carbonyl (C=O) groups is 4. The number of aliphatic hydroxyl groups is 1. The van der Waals surface area contributed by atoms with E-state index in [9.17, 15) is 28.8 Å². The van der Waals surface area contributed by atoms with Gasteiger partial charge in [0.25, 0.3) is 0 Å². The predicted molar refractivity (Wildman–Crippen MR) is 220 cm³/mol. The maximum atomic E-state index is 13.7. The number of ether oxygens (including phenoxy) is 1. The Balaban J connectivity index is 1.16. The van der Waals surface area contributed by atoms with Gasteiger partial charge in [0.1, 0.15) is 18.7 Å². The zero-order valence-corrected chi connectivity index (χ0v) is 33.8. The van der Waals surface area contributed by atoms with Gasteiger partial charge in [-0.2, -0.15) is 0 Å². The molecule has 0 fully saturated rings. The first-order valence-electron chi connectivity index (χ1n) is 19.6. The van der Waals surface area contributed by atoms with Crippen LogP contribution in [0.2, 0.25) is 0 Å². The maximum Gasteiger partial charge on any atom is 0.475 e. The molecule has 1 aliphatic rings. The number of aromatic nitrogens is 1. The summed E-state index contributed by atoms with van der Waals surface area (Å²) in [5, 5.41) is 18.3. The van der Waals surface area contributed by atoms with Crippen molar-refractivity contribution in [1.29, 1.82) is 0 Å². The maximum absolute atomic E-state index is 13.7. The summed E-state index contributed by atoms with van der Waals surface area (Å²) in [5.74, 6) is -1.61. The van der Waals surface area contributed by atoms with E-state index in [1.165, 1.54) is 6.08 Å². The van der Waals surface area contributed by atoms with Gasteiger partial charge in [0.15, 0.2) is 5.78 Å². The molecule has 1 heterocycles. The van der Waals surface area contributed by atoms with Gasteiger partial charge in [-0.25, -0.2) is 9.36 Å². The molecule has 2 unspecified atom stereocenters. The number of aliphatic hydroxyl groups excluding tert-OH is 1. The van der Waals surface area contributed by atoms with E-state index in [1.807, 2.05) is 86.6 Å². The van der Waals surface area contributed by atoms with Crippen LogP contribution in [0.3, 0.4) is 0 Å². The monoisotopic (exact) mass is 816 g/mol. The molecule has 4 aromatic rings. The molecule has 5 rings (SSSR count). The minimum Gasteiger partial charge on any atom is -0.449 e. The largest absolute Gasteiger partial charge is 0.475 e. The summed E-state index contributed by atoms with van der Waals surface area (Å²) in [5.41, 5.74) is 5.88. The number of Topliss-reactive ketones (excluding diaryl/α,β-unsaturated/α-hetero) is 1. The predicted octanol–water partition coefficient (Wildman–Crippen LogP) is 6.34. The molecule has 1 aliphatic carbocycles. The number of rotatable bonds is 24. The van der Waals surface area contributed by atoms with Gasteiger partial charge in [0, 0.05) is 42.6 Å². The van der Waals surface area contributed by atoms with Crippen LogP contribution in [-0.4, -0.2) is 85.4 Å². The van der Waals surface area contributed by atoms with Crippen molar-refractivity contribution in [1.82, 2.24) is 20.9 Å². The van der Waals surface area contributed by atoms with Gasteiger partial charge in [-0.1, -0.05) is 93.1 Å². The van der Waals surface area contributed by atoms with Crippen molar-refractivity contribution in [3.8, 4) is 11.1 Å². The lowest BCUT2D eigenvalue weighted by molar-refractivity contribution is -0.130. The number of aromatic amines is 1. The zero-order valence-electron chi connectivity index (χ0n) is 32.9. The fraction of sp³-hybridized carbons (Fsp3) is 0.395. The van der Waals surface area contributed by atoms with Crippen LogP contribution in [0.1, 0.15) is 62.1 Å². The van der Waals surface area contributed by atoms with Gasteiger partial charge in [-0.05, 0) is 52.6 Å². The van der Waals surface area contributed by atoms with Crippen molar-refractivity contribution in [3.63, 3.8) is 0 Å². The SMILES string of the molecule is C=CCOP(=O)(OCCNC(=O)[C@@H](NC(=O)Cc1c[nH]c2ccccc12)[C@@H](C)CC)OCC(NC(=O)OCC1c2ccccc2-c2ccccc21)C(=O)CCCCO. The molecule has 3 aromatic carbocycles. The molecule has 310 valence electrons. The van der Waals surface area contributed by atoms with E-state index in [2.05, 4.69) is 27.5 Å². The molecular formula is C43H53N4O10P. The molecule has 1 aromatic heterocycles. The van der Waals surface area contributed by atoms with E-state index in [-0.39, 0.29) is 63.6 Å². The molecule has 3 amide bonds. The second-order valence-electron chi connectivity index (χ2n) is 14.1. The summed E-state index contributed by atoms with van der Waals surface area (Å²) in [6, 6.07) is 21.3. The first-order chi connectivity index (χ1) is 28.1. The van der Waals surface area contributed by atoms with Gasteiger partial charge in [0.2, 0.25) is 11.8 Å². The molecule has 5 N–H and O–H groups in total. The average molecular weight is 817 g/mol. The number of hydrogen-bond donors (Lipinski definition) is 5. The summed E-state index contributed by atoms with van der Waals surface area (Å²) < 4.78 is 35.9. The van der Waals surface area contributed by atoms with Crippen molar-refractivity contribution < 1.29 is 47.2 Å². The Bertz CT molecular complexity index is 2040. The van der Waals surface area contributed by atoms with E-state index < -0.39 is 44.3 Å². The van der Waals surface area contributed by atoms with Gasteiger partial charge in [-0.15, -0.1) is 6.58 Å². The molecule has 0 saturated heterocycles. The fourth-order valence-corrected chi connectivity index (χ4v) is 7.98. The van der Waals surface area contributed by atoms with E-state index in [0.717, 1.165) is 38.7 Å². The number of amides is 3. The summed E-state index contributed by atoms with van der Waals surface area (Å²) in [4.78, 5) is 56.0. The molecule has 0 saturated carbocycles. The average Bonchev–Trinajstić information content (AvgIpc) is 3.79. The Kier molecular flexibility index (Phi) is 16.4. The van der Waals surface area contributed by atoms with Crippen molar-refractivity contribution in [2.75, 3.05) is 39.6 Å². The third-order valence-electron chi connectivity index (χ3n) is 10.1. The Labute approximate surface area is 338 Å². The highest BCUT2D eigenvalue weighted by molar-refractivity contribution is 7.48. The lowest BCUT2D eigenvalue weighted by atomic mass is 9.98. The molecule has 58 heavy (non-hydrogen) atoms. The highest BCUT2D eigenvalue weighted by atomic mass is 31.2. The van der Waals surface area contributed by atoms with Crippen molar-refractivity contribution in [2.24, 2.45) is 5.92 Å². The van der Waals surface area contributed by atoms with Crippen LogP contribution in [0.25, 0.3) is 22.0 Å². The number of hydrogen-bond acceptors (Lipinski definition) is 10. The van der Waals surface area contributed by atoms with E-state index in [4.69, 9.17) is 18.3 Å². The number of para-hydroxylation sites is 1. The Hall–Kier alpha value is -5.11. The number of alkyl carbamates (subject to hydrolysis) is 1. The van der Waals surface area contributed by atoms with Crippen LogP contribution in [0.15, 0.2) is 91.6 Å².